The highest BCUT2D eigenvalue weighted by Crippen LogP contribution is 2.19. The average Bonchev–Trinajstić information content (AvgIpc) is 2.99. The average molecular weight is 700 g/mol. The summed E-state index contributed by atoms with van der Waals surface area (Å²) in [4.78, 5) is 98.0. The van der Waals surface area contributed by atoms with E-state index in [0.717, 1.165) is 0 Å². The molecule has 0 rings (SSSR count). The lowest BCUT2D eigenvalue weighted by atomic mass is 9.96. The smallest absolute Gasteiger partial charge is 0.245 e. The van der Waals surface area contributed by atoms with Gasteiger partial charge < -0.3 is 35.6 Å². The molecule has 0 aromatic carbocycles. The molecular formula is C33H61N7O7S. The number of thioether (sulfide) groups is 1. The number of hydrogen-bond donors (Lipinski definition) is 2. The lowest BCUT2D eigenvalue weighted by Crippen LogP contribution is -2.59. The van der Waals surface area contributed by atoms with Crippen LogP contribution < -0.4 is 11.1 Å². The van der Waals surface area contributed by atoms with E-state index in [1.807, 2.05) is 34.0 Å². The van der Waals surface area contributed by atoms with Crippen molar-refractivity contribution in [2.75, 3.05) is 60.3 Å². The van der Waals surface area contributed by atoms with E-state index in [4.69, 9.17) is 5.73 Å². The van der Waals surface area contributed by atoms with Gasteiger partial charge in [-0.15, -0.1) is 0 Å². The zero-order valence-electron chi connectivity index (χ0n) is 31.4. The summed E-state index contributed by atoms with van der Waals surface area (Å²) in [5.74, 6) is -3.21. The molecule has 0 unspecified atom stereocenters. The van der Waals surface area contributed by atoms with Gasteiger partial charge in [0.1, 0.15) is 24.2 Å². The number of primary amides is 1. The van der Waals surface area contributed by atoms with Gasteiger partial charge in [0.2, 0.25) is 41.4 Å². The number of nitrogens with two attached hydrogens (primary N) is 1. The van der Waals surface area contributed by atoms with Gasteiger partial charge in [-0.25, -0.2) is 0 Å². The first-order valence-corrected chi connectivity index (χ1v) is 17.9. The van der Waals surface area contributed by atoms with Crippen LogP contribution in [-0.2, 0) is 33.6 Å². The van der Waals surface area contributed by atoms with Crippen molar-refractivity contribution in [1.29, 1.82) is 0 Å². The van der Waals surface area contributed by atoms with Crippen LogP contribution in [0.2, 0.25) is 0 Å². The van der Waals surface area contributed by atoms with Gasteiger partial charge in [-0.1, -0.05) is 48.0 Å². The van der Waals surface area contributed by atoms with Crippen molar-refractivity contribution in [3.05, 3.63) is 0 Å². The molecule has 0 bridgehead atoms. The molecule has 0 fully saturated rings. The third-order valence-electron chi connectivity index (χ3n) is 8.60. The van der Waals surface area contributed by atoms with Crippen LogP contribution in [-0.4, -0.2) is 150 Å². The Morgan fingerprint density at radius 2 is 1.27 bits per heavy atom. The highest BCUT2D eigenvalue weighted by Gasteiger charge is 2.38. The third-order valence-corrected chi connectivity index (χ3v) is 9.24. The number of amides is 7. The van der Waals surface area contributed by atoms with Crippen LogP contribution in [0.3, 0.4) is 0 Å². The van der Waals surface area contributed by atoms with Gasteiger partial charge in [0.05, 0.1) is 13.1 Å². The number of rotatable bonds is 20. The monoisotopic (exact) mass is 699 g/mol. The van der Waals surface area contributed by atoms with Gasteiger partial charge in [0.15, 0.2) is 0 Å². The number of likely N-dealkylation sites (N-methyl/N-ethyl adjacent to an activating group) is 5. The maximum Gasteiger partial charge on any atom is 0.245 e. The molecule has 0 aliphatic rings. The Bertz CT molecular complexity index is 1140. The van der Waals surface area contributed by atoms with Gasteiger partial charge >= 0.3 is 0 Å². The second-order valence-corrected chi connectivity index (χ2v) is 14.4. The van der Waals surface area contributed by atoms with Crippen molar-refractivity contribution in [2.24, 2.45) is 23.5 Å². The Morgan fingerprint density at radius 3 is 1.71 bits per heavy atom. The van der Waals surface area contributed by atoms with Crippen LogP contribution in [0.1, 0.15) is 67.7 Å². The topological polar surface area (TPSA) is 174 Å². The molecule has 0 spiro atoms. The molecule has 0 saturated heterocycles. The Labute approximate surface area is 291 Å². The van der Waals surface area contributed by atoms with E-state index in [1.54, 1.807) is 20.9 Å². The minimum absolute atomic E-state index is 0.00104. The lowest BCUT2D eigenvalue weighted by Gasteiger charge is -2.36. The van der Waals surface area contributed by atoms with E-state index in [2.05, 4.69) is 5.32 Å². The SMILES string of the molecule is CC[C@H](C)[C@@H](C(=O)N(C)CC(=O)N(C)[C@@H](CC(C)C)C(=O)N[C@@H](CCSC)C(=O)N(C)[C@H](C(=O)N(C)CC(N)=O)C(C)C)N(C)C(C)=O. The number of hydrogen-bond acceptors (Lipinski definition) is 8. The summed E-state index contributed by atoms with van der Waals surface area (Å²) in [6.07, 6.45) is 3.08. The molecule has 0 aromatic rings. The van der Waals surface area contributed by atoms with E-state index in [-0.39, 0.29) is 49.1 Å². The van der Waals surface area contributed by atoms with E-state index < -0.39 is 53.7 Å². The number of nitrogens with one attached hydrogen (secondary N) is 1. The van der Waals surface area contributed by atoms with Crippen LogP contribution in [0, 0.1) is 17.8 Å². The summed E-state index contributed by atoms with van der Waals surface area (Å²) in [5, 5.41) is 2.85. The number of nitrogens with zero attached hydrogens (tertiary/aromatic N) is 5. The molecule has 276 valence electrons. The van der Waals surface area contributed by atoms with E-state index in [1.165, 1.54) is 71.4 Å². The second-order valence-electron chi connectivity index (χ2n) is 13.4. The maximum absolute atomic E-state index is 13.9. The fraction of sp³-hybridized carbons (Fsp3) is 0.788. The van der Waals surface area contributed by atoms with Crippen LogP contribution in [0.15, 0.2) is 0 Å². The largest absolute Gasteiger partial charge is 0.368 e. The van der Waals surface area contributed by atoms with Gasteiger partial charge in [0.25, 0.3) is 0 Å². The van der Waals surface area contributed by atoms with Gasteiger partial charge in [-0.3, -0.25) is 33.6 Å². The standard InChI is InChI=1S/C33H61N7O7S/c1-14-22(6)29(38(10)23(7)41)33(47)37(9)19-27(43)39(11)25(17-20(2)3)30(44)35-24(15-16-48-13)31(45)40(12)28(21(4)5)32(46)36(8)18-26(34)42/h20-22,24-25,28-29H,14-19H2,1-13H3,(H2,34,42)(H,35,44)/t22-,24-,25-,28-,29-/m0/s1. The summed E-state index contributed by atoms with van der Waals surface area (Å²) < 4.78 is 0. The normalized spacial score (nSPS) is 14.3. The highest BCUT2D eigenvalue weighted by molar-refractivity contribution is 7.98. The molecule has 0 aliphatic carbocycles. The maximum atomic E-state index is 13.9. The first kappa shape index (κ1) is 44.6. The zero-order chi connectivity index (χ0) is 37.6. The van der Waals surface area contributed by atoms with Gasteiger partial charge in [-0.05, 0) is 42.6 Å². The van der Waals surface area contributed by atoms with Gasteiger partial charge in [0, 0.05) is 42.2 Å². The molecule has 3 N–H and O–H groups in total. The van der Waals surface area contributed by atoms with Crippen LogP contribution >= 0.6 is 11.8 Å². The highest BCUT2D eigenvalue weighted by atomic mass is 32.2. The Morgan fingerprint density at radius 1 is 0.750 bits per heavy atom. The van der Waals surface area contributed by atoms with Crippen molar-refractivity contribution in [3.8, 4) is 0 Å². The lowest BCUT2D eigenvalue weighted by molar-refractivity contribution is -0.150. The predicted molar refractivity (Wildman–Crippen MR) is 188 cm³/mol. The molecular weight excluding hydrogens is 638 g/mol. The molecule has 15 heteroatoms. The molecule has 5 atom stereocenters. The van der Waals surface area contributed by atoms with Gasteiger partial charge in [-0.2, -0.15) is 11.8 Å². The molecule has 0 radical (unpaired) electrons. The quantitative estimate of drug-likeness (QED) is 0.188. The van der Waals surface area contributed by atoms with E-state index in [9.17, 15) is 33.6 Å². The van der Waals surface area contributed by atoms with Crippen LogP contribution in [0.4, 0.5) is 0 Å². The van der Waals surface area contributed by atoms with Crippen molar-refractivity contribution in [2.45, 2.75) is 91.9 Å². The van der Waals surface area contributed by atoms with Crippen molar-refractivity contribution < 1.29 is 33.6 Å². The summed E-state index contributed by atoms with van der Waals surface area (Å²) in [6, 6.07) is -3.61. The molecule has 0 aliphatic heterocycles. The fourth-order valence-electron chi connectivity index (χ4n) is 5.47. The first-order chi connectivity index (χ1) is 22.1. The second kappa shape index (κ2) is 20.9. The first-order valence-electron chi connectivity index (χ1n) is 16.5. The minimum atomic E-state index is -0.994. The minimum Gasteiger partial charge on any atom is -0.368 e. The predicted octanol–water partition coefficient (Wildman–Crippen LogP) is 0.876. The van der Waals surface area contributed by atoms with Crippen LogP contribution in [0.5, 0.6) is 0 Å². The number of carbonyl (C=O) groups excluding carboxylic acids is 7. The van der Waals surface area contributed by atoms with E-state index >= 15 is 0 Å². The van der Waals surface area contributed by atoms with Crippen molar-refractivity contribution >= 4 is 53.1 Å². The molecule has 7 amide bonds. The summed E-state index contributed by atoms with van der Waals surface area (Å²) >= 11 is 1.49. The fourth-order valence-corrected chi connectivity index (χ4v) is 5.94. The molecule has 0 heterocycles. The Hall–Kier alpha value is -3.36. The van der Waals surface area contributed by atoms with Crippen molar-refractivity contribution in [1.82, 2.24) is 29.8 Å². The zero-order valence-corrected chi connectivity index (χ0v) is 32.2. The molecule has 0 saturated carbocycles. The summed E-state index contributed by atoms with van der Waals surface area (Å²) in [5.41, 5.74) is 5.28. The Balaban J connectivity index is 6.22. The molecule has 14 nitrogen and oxygen atoms in total. The Kier molecular flexibility index (Phi) is 19.4. The molecule has 0 aromatic heterocycles. The number of carbonyl (C=O) groups is 7. The van der Waals surface area contributed by atoms with Crippen LogP contribution in [0.25, 0.3) is 0 Å². The van der Waals surface area contributed by atoms with Crippen molar-refractivity contribution in [3.63, 3.8) is 0 Å². The van der Waals surface area contributed by atoms with E-state index in [0.29, 0.717) is 18.6 Å². The summed E-state index contributed by atoms with van der Waals surface area (Å²) in [7, 11) is 7.48. The summed E-state index contributed by atoms with van der Waals surface area (Å²) in [6.45, 7) is 11.9. The third kappa shape index (κ3) is 13.3. The molecule has 48 heavy (non-hydrogen) atoms.